The highest BCUT2D eigenvalue weighted by Crippen LogP contribution is 2.03. The minimum atomic E-state index is -0.380. The third-order valence-corrected chi connectivity index (χ3v) is 2.74. The van der Waals surface area contributed by atoms with E-state index in [1.807, 2.05) is 6.92 Å². The third kappa shape index (κ3) is 3.22. The fourth-order valence-electron chi connectivity index (χ4n) is 1.61. The average molecular weight is 276 g/mol. The second-order valence-electron chi connectivity index (χ2n) is 4.43. The molecule has 2 heterocycles. The summed E-state index contributed by atoms with van der Waals surface area (Å²) in [5, 5.41) is 13.1. The van der Waals surface area contributed by atoms with E-state index in [2.05, 4.69) is 20.8 Å². The van der Waals surface area contributed by atoms with Crippen LogP contribution in [-0.2, 0) is 18.9 Å². The molecule has 0 unspecified atom stereocenters. The van der Waals surface area contributed by atoms with E-state index < -0.39 is 0 Å². The molecule has 106 valence electrons. The van der Waals surface area contributed by atoms with E-state index in [-0.39, 0.29) is 18.4 Å². The van der Waals surface area contributed by atoms with Crippen molar-refractivity contribution in [3.05, 3.63) is 29.8 Å². The summed E-state index contributed by atoms with van der Waals surface area (Å²) in [6, 6.07) is 1.66. The van der Waals surface area contributed by atoms with Crippen molar-refractivity contribution in [3.8, 4) is 0 Å². The van der Waals surface area contributed by atoms with Gasteiger partial charge in [0.05, 0.1) is 18.4 Å². The number of amides is 2. The fourth-order valence-corrected chi connectivity index (χ4v) is 1.61. The molecule has 2 rings (SSSR count). The quantitative estimate of drug-likeness (QED) is 0.810. The number of carbonyl (C=O) groups is 2. The Morgan fingerprint density at radius 2 is 2.10 bits per heavy atom. The second-order valence-corrected chi connectivity index (χ2v) is 4.43. The van der Waals surface area contributed by atoms with Gasteiger partial charge < -0.3 is 10.6 Å². The monoisotopic (exact) mass is 276 g/mol. The van der Waals surface area contributed by atoms with Crippen LogP contribution in [0.25, 0.3) is 0 Å². The summed E-state index contributed by atoms with van der Waals surface area (Å²) < 4.78 is 3.18. The molecule has 0 saturated carbocycles. The minimum absolute atomic E-state index is 0.122. The number of nitrogens with zero attached hydrogens (tertiary/aromatic N) is 4. The summed E-state index contributed by atoms with van der Waals surface area (Å²) in [6.45, 7) is 1.72. The van der Waals surface area contributed by atoms with Crippen molar-refractivity contribution in [2.24, 2.45) is 14.1 Å². The Hall–Kier alpha value is -2.64. The summed E-state index contributed by atoms with van der Waals surface area (Å²) >= 11 is 0. The number of carbonyl (C=O) groups excluding carboxylic acids is 2. The van der Waals surface area contributed by atoms with Crippen LogP contribution in [0, 0.1) is 6.92 Å². The van der Waals surface area contributed by atoms with Crippen molar-refractivity contribution in [2.45, 2.75) is 6.92 Å². The minimum Gasteiger partial charge on any atom is -0.342 e. The summed E-state index contributed by atoms with van der Waals surface area (Å²) in [7, 11) is 3.50. The van der Waals surface area contributed by atoms with E-state index in [0.29, 0.717) is 11.4 Å². The molecule has 20 heavy (non-hydrogen) atoms. The van der Waals surface area contributed by atoms with Crippen LogP contribution < -0.4 is 10.6 Å². The lowest BCUT2D eigenvalue weighted by atomic mass is 10.3. The first kappa shape index (κ1) is 13.8. The Morgan fingerprint density at radius 3 is 2.65 bits per heavy atom. The van der Waals surface area contributed by atoms with E-state index in [1.165, 1.54) is 6.20 Å². The van der Waals surface area contributed by atoms with Crippen LogP contribution in [0.4, 0.5) is 5.69 Å². The zero-order valence-electron chi connectivity index (χ0n) is 11.5. The van der Waals surface area contributed by atoms with Crippen LogP contribution in [0.5, 0.6) is 0 Å². The van der Waals surface area contributed by atoms with Crippen molar-refractivity contribution >= 4 is 17.5 Å². The van der Waals surface area contributed by atoms with Crippen LogP contribution in [-0.4, -0.2) is 37.9 Å². The molecule has 0 atom stereocenters. The van der Waals surface area contributed by atoms with Gasteiger partial charge in [0.2, 0.25) is 5.91 Å². The smallest absolute Gasteiger partial charge is 0.272 e. The van der Waals surface area contributed by atoms with E-state index in [1.54, 1.807) is 35.7 Å². The molecule has 0 aliphatic carbocycles. The van der Waals surface area contributed by atoms with Gasteiger partial charge in [-0.15, -0.1) is 0 Å². The predicted molar refractivity (Wildman–Crippen MR) is 72.1 cm³/mol. The number of anilines is 1. The molecule has 0 bridgehead atoms. The van der Waals surface area contributed by atoms with E-state index in [0.717, 1.165) is 5.69 Å². The first-order valence-electron chi connectivity index (χ1n) is 6.03. The molecule has 0 spiro atoms. The lowest BCUT2D eigenvalue weighted by Crippen LogP contribution is -2.33. The van der Waals surface area contributed by atoms with Crippen molar-refractivity contribution < 1.29 is 9.59 Å². The van der Waals surface area contributed by atoms with Crippen molar-refractivity contribution in [3.63, 3.8) is 0 Å². The van der Waals surface area contributed by atoms with E-state index in [4.69, 9.17) is 0 Å². The normalized spacial score (nSPS) is 10.3. The second kappa shape index (κ2) is 5.55. The molecule has 2 aromatic heterocycles. The summed E-state index contributed by atoms with van der Waals surface area (Å²) in [5.74, 6) is -0.700. The molecule has 0 aliphatic rings. The van der Waals surface area contributed by atoms with E-state index >= 15 is 0 Å². The summed E-state index contributed by atoms with van der Waals surface area (Å²) in [5.41, 5.74) is 1.74. The zero-order chi connectivity index (χ0) is 14.7. The van der Waals surface area contributed by atoms with Crippen LogP contribution in [0.2, 0.25) is 0 Å². The van der Waals surface area contributed by atoms with Gasteiger partial charge in [-0.05, 0) is 13.0 Å². The standard InChI is InChI=1S/C12H16N6O2/c1-8-4-10(16-18(8)3)12(20)13-6-11(19)15-9-5-14-17(2)7-9/h4-5,7H,6H2,1-3H3,(H,13,20)(H,15,19). The van der Waals surface area contributed by atoms with Gasteiger partial charge >= 0.3 is 0 Å². The molecule has 8 nitrogen and oxygen atoms in total. The molecule has 0 aromatic carbocycles. The SMILES string of the molecule is Cc1cc(C(=O)NCC(=O)Nc2cnn(C)c2)nn1C. The summed E-state index contributed by atoms with van der Waals surface area (Å²) in [4.78, 5) is 23.4. The maximum atomic E-state index is 11.8. The number of aryl methyl sites for hydroxylation is 3. The molecule has 0 radical (unpaired) electrons. The molecular formula is C12H16N6O2. The molecule has 2 aromatic rings. The number of hydrogen-bond donors (Lipinski definition) is 2. The topological polar surface area (TPSA) is 93.8 Å². The van der Waals surface area contributed by atoms with Crippen LogP contribution >= 0.6 is 0 Å². The Balaban J connectivity index is 1.85. The van der Waals surface area contributed by atoms with Crippen LogP contribution in [0.15, 0.2) is 18.5 Å². The average Bonchev–Trinajstić information content (AvgIpc) is 2.94. The molecule has 8 heteroatoms. The van der Waals surface area contributed by atoms with Gasteiger partial charge in [0.1, 0.15) is 5.69 Å². The number of rotatable bonds is 4. The Bertz CT molecular complexity index is 623. The third-order valence-electron chi connectivity index (χ3n) is 2.74. The van der Waals surface area contributed by atoms with Gasteiger partial charge in [0, 0.05) is 26.0 Å². The van der Waals surface area contributed by atoms with Crippen LogP contribution in [0.3, 0.4) is 0 Å². The molecule has 0 saturated heterocycles. The molecular weight excluding hydrogens is 260 g/mol. The first-order valence-corrected chi connectivity index (χ1v) is 6.03. The Kier molecular flexibility index (Phi) is 3.83. The first-order chi connectivity index (χ1) is 9.45. The van der Waals surface area contributed by atoms with Gasteiger partial charge in [-0.3, -0.25) is 19.0 Å². The Morgan fingerprint density at radius 1 is 1.35 bits per heavy atom. The summed E-state index contributed by atoms with van der Waals surface area (Å²) in [6.07, 6.45) is 3.20. The molecule has 0 aliphatic heterocycles. The fraction of sp³-hybridized carbons (Fsp3) is 0.333. The van der Waals surface area contributed by atoms with Gasteiger partial charge in [-0.2, -0.15) is 10.2 Å². The lowest BCUT2D eigenvalue weighted by Gasteiger charge is -2.03. The maximum absolute atomic E-state index is 11.8. The van der Waals surface area contributed by atoms with Crippen molar-refractivity contribution in [1.29, 1.82) is 0 Å². The number of aromatic nitrogens is 4. The zero-order valence-corrected chi connectivity index (χ0v) is 11.5. The van der Waals surface area contributed by atoms with Gasteiger partial charge in [0.15, 0.2) is 0 Å². The lowest BCUT2D eigenvalue weighted by molar-refractivity contribution is -0.115. The van der Waals surface area contributed by atoms with Crippen molar-refractivity contribution in [2.75, 3.05) is 11.9 Å². The van der Waals surface area contributed by atoms with Gasteiger partial charge in [0.25, 0.3) is 5.91 Å². The highest BCUT2D eigenvalue weighted by atomic mass is 16.2. The van der Waals surface area contributed by atoms with Gasteiger partial charge in [-0.25, -0.2) is 0 Å². The van der Waals surface area contributed by atoms with E-state index in [9.17, 15) is 9.59 Å². The molecule has 2 N–H and O–H groups in total. The highest BCUT2D eigenvalue weighted by molar-refractivity contribution is 5.98. The maximum Gasteiger partial charge on any atom is 0.272 e. The van der Waals surface area contributed by atoms with Gasteiger partial charge in [-0.1, -0.05) is 0 Å². The largest absolute Gasteiger partial charge is 0.342 e. The van der Waals surface area contributed by atoms with Crippen molar-refractivity contribution in [1.82, 2.24) is 24.9 Å². The predicted octanol–water partition coefficient (Wildman–Crippen LogP) is -0.169. The Labute approximate surface area is 115 Å². The van der Waals surface area contributed by atoms with Crippen LogP contribution in [0.1, 0.15) is 16.2 Å². The molecule has 2 amide bonds. The highest BCUT2D eigenvalue weighted by Gasteiger charge is 2.12. The molecule has 0 fully saturated rings. The number of nitrogens with one attached hydrogen (secondary N) is 2. The number of hydrogen-bond acceptors (Lipinski definition) is 4.